The Bertz CT molecular complexity index is 244. The van der Waals surface area contributed by atoms with Crippen LogP contribution in [0.15, 0.2) is 0 Å². The number of nitrogens with two attached hydrogens (primary N) is 1. The van der Waals surface area contributed by atoms with E-state index in [-0.39, 0.29) is 5.91 Å². The van der Waals surface area contributed by atoms with E-state index in [0.29, 0.717) is 0 Å². The molecule has 88 valence electrons. The largest absolute Gasteiger partial charge is 0.458 e. The van der Waals surface area contributed by atoms with Gasteiger partial charge >= 0.3 is 5.97 Å². The summed E-state index contributed by atoms with van der Waals surface area (Å²) in [6.45, 7) is 8.42. The number of hydrogen-bond donors (Lipinski definition) is 2. The molecular formula is C10H20N2O3. The van der Waals surface area contributed by atoms with E-state index in [0.717, 1.165) is 0 Å². The Balaban J connectivity index is 4.17. The molecule has 0 radical (unpaired) electrons. The minimum atomic E-state index is -0.678. The van der Waals surface area contributed by atoms with Gasteiger partial charge in [0.1, 0.15) is 11.6 Å². The van der Waals surface area contributed by atoms with Crippen molar-refractivity contribution in [3.63, 3.8) is 0 Å². The van der Waals surface area contributed by atoms with Gasteiger partial charge in [0.2, 0.25) is 5.91 Å². The summed E-state index contributed by atoms with van der Waals surface area (Å²) >= 11 is 0. The third-order valence-electron chi connectivity index (χ3n) is 1.53. The highest BCUT2D eigenvalue weighted by molar-refractivity contribution is 5.86. The zero-order valence-corrected chi connectivity index (χ0v) is 9.96. The second kappa shape index (κ2) is 5.11. The van der Waals surface area contributed by atoms with Crippen molar-refractivity contribution in [2.24, 2.45) is 5.73 Å². The summed E-state index contributed by atoms with van der Waals surface area (Å²) in [6.07, 6.45) is 0. The second-order valence-electron chi connectivity index (χ2n) is 4.55. The Kier molecular flexibility index (Phi) is 4.74. The maximum atomic E-state index is 11.4. The van der Waals surface area contributed by atoms with E-state index < -0.39 is 23.7 Å². The molecule has 0 fully saturated rings. The minimum Gasteiger partial charge on any atom is -0.458 e. The molecule has 0 aliphatic rings. The quantitative estimate of drug-likeness (QED) is 0.659. The van der Waals surface area contributed by atoms with Gasteiger partial charge in [-0.3, -0.25) is 4.79 Å². The van der Waals surface area contributed by atoms with Crippen LogP contribution in [0.3, 0.4) is 0 Å². The normalized spacial score (nSPS) is 15.3. The van der Waals surface area contributed by atoms with Gasteiger partial charge in [-0.05, 0) is 34.6 Å². The van der Waals surface area contributed by atoms with E-state index in [9.17, 15) is 9.59 Å². The topological polar surface area (TPSA) is 81.4 Å². The van der Waals surface area contributed by atoms with E-state index in [1.54, 1.807) is 34.6 Å². The molecule has 0 aliphatic heterocycles. The first-order chi connectivity index (χ1) is 6.63. The smallest absolute Gasteiger partial charge is 0.328 e. The highest BCUT2D eigenvalue weighted by atomic mass is 16.6. The number of amides is 1. The number of carbonyl (C=O) groups excluding carboxylic acids is 2. The Labute approximate surface area is 90.4 Å². The van der Waals surface area contributed by atoms with Crippen molar-refractivity contribution >= 4 is 11.9 Å². The van der Waals surface area contributed by atoms with E-state index in [1.807, 2.05) is 0 Å². The van der Waals surface area contributed by atoms with Crippen LogP contribution >= 0.6 is 0 Å². The van der Waals surface area contributed by atoms with Crippen molar-refractivity contribution in [2.45, 2.75) is 52.3 Å². The molecule has 0 aromatic rings. The van der Waals surface area contributed by atoms with Crippen LogP contribution in [0.5, 0.6) is 0 Å². The molecule has 0 aromatic heterocycles. The fourth-order valence-electron chi connectivity index (χ4n) is 0.794. The van der Waals surface area contributed by atoms with E-state index in [4.69, 9.17) is 10.5 Å². The first kappa shape index (κ1) is 13.9. The van der Waals surface area contributed by atoms with Gasteiger partial charge in [-0.15, -0.1) is 0 Å². The van der Waals surface area contributed by atoms with Crippen LogP contribution in [-0.2, 0) is 14.3 Å². The van der Waals surface area contributed by atoms with Crippen LogP contribution in [0, 0.1) is 0 Å². The average molecular weight is 216 g/mol. The maximum Gasteiger partial charge on any atom is 0.328 e. The molecule has 3 N–H and O–H groups in total. The number of hydrogen-bond acceptors (Lipinski definition) is 4. The minimum absolute atomic E-state index is 0.367. The Hall–Kier alpha value is -1.10. The maximum absolute atomic E-state index is 11.4. The van der Waals surface area contributed by atoms with E-state index >= 15 is 0 Å². The van der Waals surface area contributed by atoms with Crippen LogP contribution in [0.25, 0.3) is 0 Å². The lowest BCUT2D eigenvalue weighted by Crippen LogP contribution is -2.47. The molecule has 5 heteroatoms. The molecular weight excluding hydrogens is 196 g/mol. The van der Waals surface area contributed by atoms with Crippen molar-refractivity contribution in [2.75, 3.05) is 0 Å². The molecule has 2 atom stereocenters. The lowest BCUT2D eigenvalue weighted by atomic mass is 10.2. The molecule has 0 bridgehead atoms. The first-order valence-corrected chi connectivity index (χ1v) is 4.92. The standard InChI is InChI=1S/C10H20N2O3/c1-6(11)8(13)12-7(2)9(14)15-10(3,4)5/h6-7H,11H2,1-5H3,(H,12,13)/t6?,7-/m0/s1. The van der Waals surface area contributed by atoms with Crippen LogP contribution in [-0.4, -0.2) is 29.6 Å². The number of esters is 1. The molecule has 0 rings (SSSR count). The summed E-state index contributed by atoms with van der Waals surface area (Å²) in [5.74, 6) is -0.829. The SMILES string of the molecule is CC(N)C(=O)N[C@@H](C)C(=O)OC(C)(C)C. The molecule has 0 saturated heterocycles. The number of nitrogens with one attached hydrogen (secondary N) is 1. The molecule has 0 saturated carbocycles. The zero-order chi connectivity index (χ0) is 12.2. The number of ether oxygens (including phenoxy) is 1. The van der Waals surface area contributed by atoms with Crippen LogP contribution in [0.2, 0.25) is 0 Å². The summed E-state index contributed by atoms with van der Waals surface area (Å²) in [5, 5.41) is 2.46. The lowest BCUT2D eigenvalue weighted by molar-refractivity contribution is -0.158. The lowest BCUT2D eigenvalue weighted by Gasteiger charge is -2.23. The summed E-state index contributed by atoms with van der Waals surface area (Å²) in [5.41, 5.74) is 4.80. The number of rotatable bonds is 3. The van der Waals surface area contributed by atoms with Crippen LogP contribution < -0.4 is 11.1 Å². The van der Waals surface area contributed by atoms with Gasteiger partial charge in [-0.25, -0.2) is 4.79 Å². The number of carbonyl (C=O) groups is 2. The molecule has 0 spiro atoms. The van der Waals surface area contributed by atoms with Crippen LogP contribution in [0.4, 0.5) is 0 Å². The molecule has 1 amide bonds. The highest BCUT2D eigenvalue weighted by Crippen LogP contribution is 2.08. The molecule has 15 heavy (non-hydrogen) atoms. The highest BCUT2D eigenvalue weighted by Gasteiger charge is 2.23. The average Bonchev–Trinajstić information content (AvgIpc) is 2.00. The molecule has 0 heterocycles. The summed E-state index contributed by atoms with van der Waals surface area (Å²) in [7, 11) is 0. The summed E-state index contributed by atoms with van der Waals surface area (Å²) in [6, 6.07) is -1.31. The third kappa shape index (κ3) is 6.06. The van der Waals surface area contributed by atoms with E-state index in [1.165, 1.54) is 0 Å². The van der Waals surface area contributed by atoms with Gasteiger partial charge in [0, 0.05) is 0 Å². The van der Waals surface area contributed by atoms with Gasteiger partial charge in [-0.2, -0.15) is 0 Å². The molecule has 0 aliphatic carbocycles. The molecule has 1 unspecified atom stereocenters. The Morgan fingerprint density at radius 1 is 1.27 bits per heavy atom. The van der Waals surface area contributed by atoms with Gasteiger partial charge in [0.15, 0.2) is 0 Å². The van der Waals surface area contributed by atoms with E-state index in [2.05, 4.69) is 5.32 Å². The fourth-order valence-corrected chi connectivity index (χ4v) is 0.794. The van der Waals surface area contributed by atoms with Crippen molar-refractivity contribution < 1.29 is 14.3 Å². The predicted molar refractivity (Wildman–Crippen MR) is 57.1 cm³/mol. The Morgan fingerprint density at radius 3 is 2.07 bits per heavy atom. The second-order valence-corrected chi connectivity index (χ2v) is 4.55. The van der Waals surface area contributed by atoms with Gasteiger partial charge < -0.3 is 15.8 Å². The molecule has 0 aromatic carbocycles. The van der Waals surface area contributed by atoms with Crippen molar-refractivity contribution in [3.8, 4) is 0 Å². The van der Waals surface area contributed by atoms with Gasteiger partial charge in [0.25, 0.3) is 0 Å². The van der Waals surface area contributed by atoms with Crippen molar-refractivity contribution in [1.29, 1.82) is 0 Å². The fraction of sp³-hybridized carbons (Fsp3) is 0.800. The van der Waals surface area contributed by atoms with Gasteiger partial charge in [0.05, 0.1) is 6.04 Å². The summed E-state index contributed by atoms with van der Waals surface area (Å²) < 4.78 is 5.09. The zero-order valence-electron chi connectivity index (χ0n) is 9.96. The first-order valence-electron chi connectivity index (χ1n) is 4.92. The van der Waals surface area contributed by atoms with Gasteiger partial charge in [-0.1, -0.05) is 0 Å². The predicted octanol–water partition coefficient (Wildman–Crippen LogP) is 0.180. The van der Waals surface area contributed by atoms with Crippen molar-refractivity contribution in [1.82, 2.24) is 5.32 Å². The van der Waals surface area contributed by atoms with Crippen LogP contribution in [0.1, 0.15) is 34.6 Å². The monoisotopic (exact) mass is 216 g/mol. The molecule has 5 nitrogen and oxygen atoms in total. The van der Waals surface area contributed by atoms with Crippen molar-refractivity contribution in [3.05, 3.63) is 0 Å². The third-order valence-corrected chi connectivity index (χ3v) is 1.53. The Morgan fingerprint density at radius 2 is 1.73 bits per heavy atom. The summed E-state index contributed by atoms with van der Waals surface area (Å²) in [4.78, 5) is 22.6.